The van der Waals surface area contributed by atoms with Crippen molar-refractivity contribution in [1.29, 1.82) is 0 Å². The first-order valence-corrected chi connectivity index (χ1v) is 4.53. The van der Waals surface area contributed by atoms with Crippen LogP contribution < -0.4 is 0 Å². The van der Waals surface area contributed by atoms with Gasteiger partial charge in [0.1, 0.15) is 5.75 Å². The predicted octanol–water partition coefficient (Wildman–Crippen LogP) is 2.88. The summed E-state index contributed by atoms with van der Waals surface area (Å²) in [7, 11) is 0. The Morgan fingerprint density at radius 1 is 1.57 bits per heavy atom. The molecule has 1 rings (SSSR count). The summed E-state index contributed by atoms with van der Waals surface area (Å²) in [5.41, 5.74) is 1.11. The van der Waals surface area contributed by atoms with E-state index in [4.69, 9.17) is 0 Å². The zero-order valence-corrected chi connectivity index (χ0v) is 8.45. The van der Waals surface area contributed by atoms with Gasteiger partial charge in [-0.2, -0.15) is 0 Å². The van der Waals surface area contributed by atoms with Gasteiger partial charge in [-0.1, -0.05) is 25.1 Å². The maximum absolute atomic E-state index is 11.1. The predicted molar refractivity (Wildman–Crippen MR) is 56.7 cm³/mol. The maximum Gasteiger partial charge on any atom is 0.163 e. The van der Waals surface area contributed by atoms with Crippen molar-refractivity contribution in [1.82, 2.24) is 0 Å². The van der Waals surface area contributed by atoms with Gasteiger partial charge >= 0.3 is 0 Å². The topological polar surface area (TPSA) is 37.3 Å². The number of Topliss-reactive ketones (excluding diaryl/α,β-unsaturated/α-hetero) is 1. The van der Waals surface area contributed by atoms with Crippen molar-refractivity contribution in [2.24, 2.45) is 0 Å². The van der Waals surface area contributed by atoms with E-state index in [2.05, 4.69) is 6.58 Å². The van der Waals surface area contributed by atoms with Crippen LogP contribution in [0.5, 0.6) is 5.75 Å². The van der Waals surface area contributed by atoms with E-state index in [9.17, 15) is 9.90 Å². The number of para-hydroxylation sites is 1. The van der Waals surface area contributed by atoms with Gasteiger partial charge in [0.25, 0.3) is 0 Å². The highest BCUT2D eigenvalue weighted by atomic mass is 16.3. The fraction of sp³-hybridized carbons (Fsp3) is 0.250. The molecule has 1 aromatic carbocycles. The second-order valence-electron chi connectivity index (χ2n) is 3.32. The lowest BCUT2D eigenvalue weighted by Gasteiger charge is -2.10. The van der Waals surface area contributed by atoms with Crippen molar-refractivity contribution in [3.8, 4) is 5.75 Å². The molecule has 14 heavy (non-hydrogen) atoms. The monoisotopic (exact) mass is 190 g/mol. The molecule has 0 aliphatic rings. The molecule has 0 aromatic heterocycles. The fourth-order valence-corrected chi connectivity index (χ4v) is 1.34. The Morgan fingerprint density at radius 2 is 2.21 bits per heavy atom. The summed E-state index contributed by atoms with van der Waals surface area (Å²) < 4.78 is 0. The third kappa shape index (κ3) is 1.84. The van der Waals surface area contributed by atoms with E-state index in [-0.39, 0.29) is 17.5 Å². The number of carbonyl (C=O) groups is 1. The van der Waals surface area contributed by atoms with Gasteiger partial charge in [-0.25, -0.2) is 0 Å². The molecule has 0 bridgehead atoms. The number of rotatable bonds is 3. The molecule has 1 atom stereocenters. The molecule has 2 heteroatoms. The van der Waals surface area contributed by atoms with E-state index in [1.807, 2.05) is 6.92 Å². The standard InChI is InChI=1S/C12H14O2/c1-4-8(2)10-6-5-7-11(9(3)13)12(10)14/h4-8,14H,1H2,2-3H3. The van der Waals surface area contributed by atoms with E-state index < -0.39 is 0 Å². The van der Waals surface area contributed by atoms with E-state index in [1.54, 1.807) is 24.3 Å². The van der Waals surface area contributed by atoms with Gasteiger partial charge in [-0.15, -0.1) is 6.58 Å². The van der Waals surface area contributed by atoms with Crippen LogP contribution in [-0.4, -0.2) is 10.9 Å². The molecule has 0 fully saturated rings. The summed E-state index contributed by atoms with van der Waals surface area (Å²) in [5, 5.41) is 9.79. The Bertz CT molecular complexity index is 367. The number of hydrogen-bond donors (Lipinski definition) is 1. The minimum absolute atomic E-state index is 0.0503. The fourth-order valence-electron chi connectivity index (χ4n) is 1.34. The Kier molecular flexibility index (Phi) is 3.07. The quantitative estimate of drug-likeness (QED) is 0.587. The number of carbonyl (C=O) groups excluding carboxylic acids is 1. The second-order valence-corrected chi connectivity index (χ2v) is 3.32. The summed E-state index contributed by atoms with van der Waals surface area (Å²) >= 11 is 0. The third-order valence-electron chi connectivity index (χ3n) is 2.29. The highest BCUT2D eigenvalue weighted by molar-refractivity contribution is 5.97. The van der Waals surface area contributed by atoms with E-state index >= 15 is 0 Å². The average molecular weight is 190 g/mol. The Balaban J connectivity index is 3.26. The first-order chi connectivity index (χ1) is 6.57. The van der Waals surface area contributed by atoms with Gasteiger partial charge in [0.2, 0.25) is 0 Å². The van der Waals surface area contributed by atoms with E-state index in [0.29, 0.717) is 5.56 Å². The summed E-state index contributed by atoms with van der Waals surface area (Å²) in [6.45, 7) is 7.02. The van der Waals surface area contributed by atoms with Gasteiger partial charge in [-0.05, 0) is 13.0 Å². The van der Waals surface area contributed by atoms with Crippen molar-refractivity contribution in [2.45, 2.75) is 19.8 Å². The first-order valence-electron chi connectivity index (χ1n) is 4.53. The van der Waals surface area contributed by atoms with Crippen LogP contribution >= 0.6 is 0 Å². The largest absolute Gasteiger partial charge is 0.507 e. The smallest absolute Gasteiger partial charge is 0.163 e. The van der Waals surface area contributed by atoms with Gasteiger partial charge in [0.05, 0.1) is 5.56 Å². The third-order valence-corrected chi connectivity index (χ3v) is 2.29. The minimum Gasteiger partial charge on any atom is -0.507 e. The lowest BCUT2D eigenvalue weighted by atomic mass is 9.96. The van der Waals surface area contributed by atoms with Gasteiger partial charge in [-0.3, -0.25) is 4.79 Å². The molecule has 0 aliphatic heterocycles. The summed E-state index contributed by atoms with van der Waals surface area (Å²) in [6.07, 6.45) is 1.74. The number of hydrogen-bond acceptors (Lipinski definition) is 2. The number of phenolic OH excluding ortho intramolecular Hbond substituents is 1. The second kappa shape index (κ2) is 4.09. The Hall–Kier alpha value is -1.57. The molecule has 0 saturated heterocycles. The van der Waals surface area contributed by atoms with Crippen LogP contribution in [0.15, 0.2) is 30.9 Å². The average Bonchev–Trinajstić information content (AvgIpc) is 2.16. The molecule has 0 aliphatic carbocycles. The van der Waals surface area contributed by atoms with Crippen LogP contribution in [0.4, 0.5) is 0 Å². The van der Waals surface area contributed by atoms with Crippen molar-refractivity contribution >= 4 is 5.78 Å². The van der Waals surface area contributed by atoms with Crippen LogP contribution in [0.3, 0.4) is 0 Å². The molecule has 1 N–H and O–H groups in total. The van der Waals surface area contributed by atoms with Gasteiger partial charge in [0, 0.05) is 11.5 Å². The zero-order valence-electron chi connectivity index (χ0n) is 8.45. The first kappa shape index (κ1) is 10.5. The maximum atomic E-state index is 11.1. The van der Waals surface area contributed by atoms with Crippen molar-refractivity contribution < 1.29 is 9.90 Å². The molecule has 0 saturated carbocycles. The minimum atomic E-state index is -0.124. The number of benzene rings is 1. The lowest BCUT2D eigenvalue weighted by Crippen LogP contribution is -1.97. The highest BCUT2D eigenvalue weighted by Crippen LogP contribution is 2.29. The molecule has 0 spiro atoms. The van der Waals surface area contributed by atoms with Crippen molar-refractivity contribution in [2.75, 3.05) is 0 Å². The number of allylic oxidation sites excluding steroid dienone is 1. The molecular weight excluding hydrogens is 176 g/mol. The van der Waals surface area contributed by atoms with Crippen LogP contribution in [0.2, 0.25) is 0 Å². The summed E-state index contributed by atoms with van der Waals surface area (Å²) in [4.78, 5) is 11.1. The SMILES string of the molecule is C=CC(C)c1cccc(C(C)=O)c1O. The van der Waals surface area contributed by atoms with E-state index in [0.717, 1.165) is 5.56 Å². The summed E-state index contributed by atoms with van der Waals surface area (Å²) in [5.74, 6) is 0.00214. The normalized spacial score (nSPS) is 12.1. The van der Waals surface area contributed by atoms with Crippen LogP contribution in [0.25, 0.3) is 0 Å². The van der Waals surface area contributed by atoms with Crippen molar-refractivity contribution in [3.63, 3.8) is 0 Å². The summed E-state index contributed by atoms with van der Waals surface area (Å²) in [6, 6.07) is 5.19. The highest BCUT2D eigenvalue weighted by Gasteiger charge is 2.12. The lowest BCUT2D eigenvalue weighted by molar-refractivity contribution is 0.101. The molecule has 1 aromatic rings. The Labute approximate surface area is 83.9 Å². The zero-order chi connectivity index (χ0) is 10.7. The van der Waals surface area contributed by atoms with Gasteiger partial charge in [0.15, 0.2) is 5.78 Å². The molecule has 2 nitrogen and oxygen atoms in total. The number of ketones is 1. The Morgan fingerprint density at radius 3 is 2.71 bits per heavy atom. The molecule has 0 radical (unpaired) electrons. The number of phenols is 1. The molecule has 0 heterocycles. The van der Waals surface area contributed by atoms with Crippen molar-refractivity contribution in [3.05, 3.63) is 42.0 Å². The van der Waals surface area contributed by atoms with Crippen LogP contribution in [0, 0.1) is 0 Å². The number of aromatic hydroxyl groups is 1. The van der Waals surface area contributed by atoms with Gasteiger partial charge < -0.3 is 5.11 Å². The molecule has 1 unspecified atom stereocenters. The van der Waals surface area contributed by atoms with Crippen LogP contribution in [0.1, 0.15) is 35.7 Å². The molecule has 74 valence electrons. The van der Waals surface area contributed by atoms with Crippen LogP contribution in [-0.2, 0) is 0 Å². The molecular formula is C12H14O2. The molecule has 0 amide bonds. The van der Waals surface area contributed by atoms with E-state index in [1.165, 1.54) is 6.92 Å².